The molecule has 1 rings (SSSR count). The minimum atomic E-state index is -0.136. The Morgan fingerprint density at radius 2 is 2.00 bits per heavy atom. The molecular weight excluding hydrogens is 190 g/mol. The highest BCUT2D eigenvalue weighted by Crippen LogP contribution is 2.41. The van der Waals surface area contributed by atoms with Crippen molar-refractivity contribution in [3.8, 4) is 0 Å². The van der Waals surface area contributed by atoms with Crippen LogP contribution < -0.4 is 5.32 Å². The lowest BCUT2D eigenvalue weighted by molar-refractivity contribution is -0.132. The summed E-state index contributed by atoms with van der Waals surface area (Å²) < 4.78 is 0. The topological polar surface area (TPSA) is 49.3 Å². The van der Waals surface area contributed by atoms with Crippen molar-refractivity contribution in [1.82, 2.24) is 5.32 Å². The van der Waals surface area contributed by atoms with Gasteiger partial charge in [-0.1, -0.05) is 26.7 Å². The molecule has 1 saturated carbocycles. The van der Waals surface area contributed by atoms with Crippen LogP contribution in [0.5, 0.6) is 0 Å². The van der Waals surface area contributed by atoms with Crippen molar-refractivity contribution in [3.63, 3.8) is 0 Å². The zero-order valence-electron chi connectivity index (χ0n) is 9.88. The van der Waals surface area contributed by atoms with Crippen LogP contribution in [0, 0.1) is 5.41 Å². The number of nitrogens with one attached hydrogen (secondary N) is 1. The first-order chi connectivity index (χ1) is 7.18. The number of hydrogen-bond donors (Lipinski definition) is 2. The quantitative estimate of drug-likeness (QED) is 0.732. The van der Waals surface area contributed by atoms with Crippen molar-refractivity contribution in [2.45, 2.75) is 58.4 Å². The monoisotopic (exact) mass is 213 g/mol. The molecule has 0 spiro atoms. The van der Waals surface area contributed by atoms with Crippen LogP contribution in [-0.2, 0) is 4.79 Å². The van der Waals surface area contributed by atoms with Gasteiger partial charge in [0.15, 0.2) is 0 Å². The second-order valence-electron chi connectivity index (χ2n) is 4.60. The summed E-state index contributed by atoms with van der Waals surface area (Å²) in [5.74, 6) is 0.156. The van der Waals surface area contributed by atoms with Crippen molar-refractivity contribution in [1.29, 1.82) is 0 Å². The molecular formula is C12H23NO2. The van der Waals surface area contributed by atoms with Crippen LogP contribution in [-0.4, -0.2) is 23.7 Å². The Balaban J connectivity index is 2.57. The molecule has 0 aliphatic heterocycles. The first-order valence-corrected chi connectivity index (χ1v) is 6.10. The summed E-state index contributed by atoms with van der Waals surface area (Å²) in [5, 5.41) is 12.0. The minimum Gasteiger partial charge on any atom is -0.394 e. The Labute approximate surface area is 92.3 Å². The van der Waals surface area contributed by atoms with Crippen LogP contribution in [0.3, 0.4) is 0 Å². The lowest BCUT2D eigenvalue weighted by atomic mass is 9.82. The van der Waals surface area contributed by atoms with E-state index >= 15 is 0 Å². The fraction of sp³-hybridized carbons (Fsp3) is 0.917. The normalized spacial score (nSPS) is 21.3. The number of carbonyl (C=O) groups is 1. The molecule has 1 aliphatic rings. The van der Waals surface area contributed by atoms with E-state index in [1.165, 1.54) is 0 Å². The number of carbonyl (C=O) groups excluding carboxylic acids is 1. The molecule has 1 amide bonds. The van der Waals surface area contributed by atoms with Gasteiger partial charge in [-0.15, -0.1) is 0 Å². The molecule has 1 atom stereocenters. The van der Waals surface area contributed by atoms with Crippen molar-refractivity contribution in [2.75, 3.05) is 6.61 Å². The largest absolute Gasteiger partial charge is 0.394 e. The molecule has 0 aromatic carbocycles. The summed E-state index contributed by atoms with van der Waals surface area (Å²) in [6, 6.07) is -0.0680. The van der Waals surface area contributed by atoms with Gasteiger partial charge >= 0.3 is 0 Å². The standard InChI is InChI=1S/C12H23NO2/c1-3-10(9-14)13-11(15)12(4-2)7-5-6-8-12/h10,14H,3-9H2,1-2H3,(H,13,15)/t10-/m1/s1. The molecule has 0 bridgehead atoms. The maximum atomic E-state index is 12.1. The fourth-order valence-corrected chi connectivity index (χ4v) is 2.41. The Hall–Kier alpha value is -0.570. The Kier molecular flexibility index (Phi) is 4.58. The highest BCUT2D eigenvalue weighted by atomic mass is 16.3. The number of amides is 1. The predicted molar refractivity (Wildman–Crippen MR) is 60.5 cm³/mol. The van der Waals surface area contributed by atoms with Gasteiger partial charge in [-0.3, -0.25) is 4.79 Å². The van der Waals surface area contributed by atoms with Crippen molar-refractivity contribution >= 4 is 5.91 Å². The van der Waals surface area contributed by atoms with E-state index in [1.807, 2.05) is 6.92 Å². The Morgan fingerprint density at radius 3 is 2.40 bits per heavy atom. The van der Waals surface area contributed by atoms with E-state index in [-0.39, 0.29) is 24.0 Å². The third-order valence-corrected chi connectivity index (χ3v) is 3.77. The molecule has 0 saturated heterocycles. The molecule has 1 aliphatic carbocycles. The molecule has 3 heteroatoms. The summed E-state index contributed by atoms with van der Waals surface area (Å²) in [6.45, 7) is 4.11. The van der Waals surface area contributed by atoms with Crippen molar-refractivity contribution in [3.05, 3.63) is 0 Å². The van der Waals surface area contributed by atoms with Gasteiger partial charge in [-0.25, -0.2) is 0 Å². The lowest BCUT2D eigenvalue weighted by Crippen LogP contribution is -2.45. The van der Waals surface area contributed by atoms with Gasteiger partial charge in [-0.2, -0.15) is 0 Å². The molecule has 0 aromatic rings. The zero-order chi connectivity index (χ0) is 11.3. The van der Waals surface area contributed by atoms with Crippen LogP contribution in [0.1, 0.15) is 52.4 Å². The van der Waals surface area contributed by atoms with Gasteiger partial charge in [0.2, 0.25) is 5.91 Å². The number of aliphatic hydroxyl groups excluding tert-OH is 1. The van der Waals surface area contributed by atoms with Gasteiger partial charge in [0, 0.05) is 5.41 Å². The van der Waals surface area contributed by atoms with Crippen LogP contribution in [0.15, 0.2) is 0 Å². The third-order valence-electron chi connectivity index (χ3n) is 3.77. The van der Waals surface area contributed by atoms with Gasteiger partial charge in [-0.05, 0) is 25.7 Å². The summed E-state index contributed by atoms with van der Waals surface area (Å²) in [6.07, 6.45) is 6.06. The van der Waals surface area contributed by atoms with Crippen LogP contribution in [0.4, 0.5) is 0 Å². The lowest BCUT2D eigenvalue weighted by Gasteiger charge is -2.28. The molecule has 15 heavy (non-hydrogen) atoms. The summed E-state index contributed by atoms with van der Waals surface area (Å²) in [5.41, 5.74) is -0.136. The summed E-state index contributed by atoms with van der Waals surface area (Å²) in [7, 11) is 0. The SMILES string of the molecule is CC[C@H](CO)NC(=O)C1(CC)CCCC1. The first-order valence-electron chi connectivity index (χ1n) is 6.10. The average molecular weight is 213 g/mol. The highest BCUT2D eigenvalue weighted by Gasteiger charge is 2.39. The van der Waals surface area contributed by atoms with E-state index in [2.05, 4.69) is 12.2 Å². The van der Waals surface area contributed by atoms with E-state index in [0.717, 1.165) is 38.5 Å². The smallest absolute Gasteiger partial charge is 0.226 e. The predicted octanol–water partition coefficient (Wildman–Crippen LogP) is 1.84. The second kappa shape index (κ2) is 5.50. The molecule has 0 heterocycles. The Morgan fingerprint density at radius 1 is 1.40 bits per heavy atom. The maximum Gasteiger partial charge on any atom is 0.226 e. The van der Waals surface area contributed by atoms with Crippen molar-refractivity contribution in [2.24, 2.45) is 5.41 Å². The van der Waals surface area contributed by atoms with Crippen LogP contribution in [0.25, 0.3) is 0 Å². The third kappa shape index (κ3) is 2.71. The van der Waals surface area contributed by atoms with E-state index in [0.29, 0.717) is 0 Å². The minimum absolute atomic E-state index is 0.0437. The fourth-order valence-electron chi connectivity index (χ4n) is 2.41. The number of rotatable bonds is 5. The van der Waals surface area contributed by atoms with Gasteiger partial charge in [0.05, 0.1) is 12.6 Å². The van der Waals surface area contributed by atoms with Gasteiger partial charge in [0.25, 0.3) is 0 Å². The maximum absolute atomic E-state index is 12.1. The van der Waals surface area contributed by atoms with E-state index < -0.39 is 0 Å². The van der Waals surface area contributed by atoms with Crippen molar-refractivity contribution < 1.29 is 9.90 Å². The summed E-state index contributed by atoms with van der Waals surface area (Å²) in [4.78, 5) is 12.1. The highest BCUT2D eigenvalue weighted by molar-refractivity contribution is 5.83. The van der Waals surface area contributed by atoms with E-state index in [1.54, 1.807) is 0 Å². The number of hydrogen-bond acceptors (Lipinski definition) is 2. The van der Waals surface area contributed by atoms with Crippen LogP contribution >= 0.6 is 0 Å². The van der Waals surface area contributed by atoms with Crippen LogP contribution in [0.2, 0.25) is 0 Å². The molecule has 0 aromatic heterocycles. The number of aliphatic hydroxyl groups is 1. The molecule has 1 fully saturated rings. The molecule has 2 N–H and O–H groups in total. The zero-order valence-corrected chi connectivity index (χ0v) is 9.88. The van der Waals surface area contributed by atoms with Gasteiger partial charge < -0.3 is 10.4 Å². The summed E-state index contributed by atoms with van der Waals surface area (Å²) >= 11 is 0. The Bertz CT molecular complexity index is 206. The molecule has 3 nitrogen and oxygen atoms in total. The van der Waals surface area contributed by atoms with E-state index in [9.17, 15) is 4.79 Å². The average Bonchev–Trinajstić information content (AvgIpc) is 2.75. The first kappa shape index (κ1) is 12.5. The van der Waals surface area contributed by atoms with Gasteiger partial charge in [0.1, 0.15) is 0 Å². The molecule has 0 radical (unpaired) electrons. The molecule has 88 valence electrons. The van der Waals surface area contributed by atoms with E-state index in [4.69, 9.17) is 5.11 Å². The molecule has 0 unspecified atom stereocenters. The second-order valence-corrected chi connectivity index (χ2v) is 4.60.